The maximum Gasteiger partial charge on any atom is 0.491 e. The summed E-state index contributed by atoms with van der Waals surface area (Å²) in [5.74, 6) is 0. The van der Waals surface area contributed by atoms with Crippen LogP contribution in [0.25, 0.3) is 5.47 Å². The van der Waals surface area contributed by atoms with Gasteiger partial charge in [-0.15, -0.1) is 0 Å². The molecule has 0 unspecified atom stereocenters. The molecule has 1 aromatic carbocycles. The van der Waals surface area contributed by atoms with Crippen molar-refractivity contribution in [1.82, 2.24) is 0 Å². The summed E-state index contributed by atoms with van der Waals surface area (Å²) in [6.07, 6.45) is 1.90. The van der Waals surface area contributed by atoms with E-state index in [0.717, 1.165) is 11.0 Å². The Labute approximate surface area is 71.6 Å². The summed E-state index contributed by atoms with van der Waals surface area (Å²) in [6.45, 7) is 0.505. The molecular weight excluding hydrogens is 151 g/mol. The second kappa shape index (κ2) is 3.13. The molecule has 1 heterocycles. The van der Waals surface area contributed by atoms with Gasteiger partial charge in [0.1, 0.15) is 0 Å². The smallest absolute Gasteiger partial charge is 0.423 e. The minimum atomic E-state index is -0.743. The molecule has 0 fully saturated rings. The van der Waals surface area contributed by atoms with E-state index in [1.165, 1.54) is 0 Å². The Morgan fingerprint density at radius 3 is 2.58 bits per heavy atom. The molecule has 0 aliphatic carbocycles. The lowest BCUT2D eigenvalue weighted by atomic mass is 9.76. The Hall–Kier alpha value is -1.06. The Balaban J connectivity index is 2.31. The molecule has 1 aliphatic rings. The van der Waals surface area contributed by atoms with E-state index in [-0.39, 0.29) is 0 Å². The zero-order valence-electron chi connectivity index (χ0n) is 6.60. The van der Waals surface area contributed by atoms with E-state index >= 15 is 0 Å². The molecule has 0 radical (unpaired) electrons. The standard InChI is InChI=1S/C9H9BO2/c11-10-9(6-7-12-10)8-4-2-1-3-5-8/h1-6,11H,7H2. The minimum absolute atomic E-state index is 0.505. The van der Waals surface area contributed by atoms with Gasteiger partial charge in [-0.3, -0.25) is 0 Å². The lowest BCUT2D eigenvalue weighted by Gasteiger charge is -2.02. The van der Waals surface area contributed by atoms with Crippen molar-refractivity contribution in [1.29, 1.82) is 0 Å². The minimum Gasteiger partial charge on any atom is -0.423 e. The van der Waals surface area contributed by atoms with Crippen LogP contribution in [0.4, 0.5) is 0 Å². The van der Waals surface area contributed by atoms with Gasteiger partial charge in [0.05, 0.1) is 6.61 Å². The molecule has 2 nitrogen and oxygen atoms in total. The van der Waals surface area contributed by atoms with Crippen molar-refractivity contribution in [3.05, 3.63) is 42.0 Å². The molecule has 0 bridgehead atoms. The molecule has 0 amide bonds. The van der Waals surface area contributed by atoms with Crippen LogP contribution < -0.4 is 0 Å². The Morgan fingerprint density at radius 2 is 2.00 bits per heavy atom. The van der Waals surface area contributed by atoms with E-state index in [0.29, 0.717) is 6.61 Å². The molecule has 1 aromatic rings. The summed E-state index contributed by atoms with van der Waals surface area (Å²) in [4.78, 5) is 0. The van der Waals surface area contributed by atoms with E-state index in [1.54, 1.807) is 0 Å². The van der Waals surface area contributed by atoms with E-state index in [1.807, 2.05) is 36.4 Å². The molecule has 2 rings (SSSR count). The highest BCUT2D eigenvalue weighted by atomic mass is 16.5. The molecule has 1 N–H and O–H groups in total. The van der Waals surface area contributed by atoms with Crippen LogP contribution >= 0.6 is 0 Å². The van der Waals surface area contributed by atoms with Crippen molar-refractivity contribution in [2.24, 2.45) is 0 Å². The fraction of sp³-hybridized carbons (Fsp3) is 0.111. The van der Waals surface area contributed by atoms with E-state index in [2.05, 4.69) is 0 Å². The van der Waals surface area contributed by atoms with Gasteiger partial charge in [0.15, 0.2) is 0 Å². The highest BCUT2D eigenvalue weighted by Crippen LogP contribution is 2.20. The SMILES string of the molecule is OB1OCC=C1c1ccccc1. The molecule has 1 aliphatic heterocycles. The van der Waals surface area contributed by atoms with Crippen LogP contribution in [0.3, 0.4) is 0 Å². The van der Waals surface area contributed by atoms with Crippen LogP contribution in [-0.2, 0) is 4.65 Å². The summed E-state index contributed by atoms with van der Waals surface area (Å²) < 4.78 is 4.98. The van der Waals surface area contributed by atoms with Gasteiger partial charge in [-0.2, -0.15) is 0 Å². The fourth-order valence-electron chi connectivity index (χ4n) is 1.31. The Morgan fingerprint density at radius 1 is 1.25 bits per heavy atom. The highest BCUT2D eigenvalue weighted by Gasteiger charge is 2.24. The Kier molecular flexibility index (Phi) is 1.98. The van der Waals surface area contributed by atoms with Gasteiger partial charge in [0.25, 0.3) is 0 Å². The zero-order chi connectivity index (χ0) is 8.39. The van der Waals surface area contributed by atoms with Crippen molar-refractivity contribution < 1.29 is 9.68 Å². The average Bonchev–Trinajstić information content (AvgIpc) is 2.53. The van der Waals surface area contributed by atoms with Crippen LogP contribution in [0.15, 0.2) is 36.4 Å². The van der Waals surface area contributed by atoms with E-state index in [9.17, 15) is 5.02 Å². The van der Waals surface area contributed by atoms with Crippen LogP contribution in [-0.4, -0.2) is 18.7 Å². The molecular formula is C9H9BO2. The van der Waals surface area contributed by atoms with Crippen molar-refractivity contribution in [3.8, 4) is 0 Å². The summed E-state index contributed by atoms with van der Waals surface area (Å²) in [5, 5.41) is 9.35. The molecule has 12 heavy (non-hydrogen) atoms. The second-order valence-electron chi connectivity index (χ2n) is 2.71. The summed E-state index contributed by atoms with van der Waals surface area (Å²) in [5.41, 5.74) is 1.90. The average molecular weight is 160 g/mol. The van der Waals surface area contributed by atoms with Gasteiger partial charge in [0, 0.05) is 0 Å². The topological polar surface area (TPSA) is 29.5 Å². The quantitative estimate of drug-likeness (QED) is 0.623. The molecule has 0 aromatic heterocycles. The number of hydrogen-bond acceptors (Lipinski definition) is 2. The molecule has 0 spiro atoms. The van der Waals surface area contributed by atoms with Crippen LogP contribution in [0.2, 0.25) is 0 Å². The Bertz CT molecular complexity index is 295. The van der Waals surface area contributed by atoms with Gasteiger partial charge >= 0.3 is 7.12 Å². The van der Waals surface area contributed by atoms with Crippen molar-refractivity contribution >= 4 is 12.6 Å². The predicted molar refractivity (Wildman–Crippen MR) is 48.3 cm³/mol. The first-order valence-corrected chi connectivity index (χ1v) is 3.93. The first kappa shape index (κ1) is 7.59. The molecule has 3 heteroatoms. The van der Waals surface area contributed by atoms with Gasteiger partial charge < -0.3 is 9.68 Å². The third-order valence-corrected chi connectivity index (χ3v) is 1.93. The molecule has 0 saturated carbocycles. The lowest BCUT2D eigenvalue weighted by molar-refractivity contribution is 0.316. The first-order valence-electron chi connectivity index (χ1n) is 3.93. The third kappa shape index (κ3) is 1.29. The van der Waals surface area contributed by atoms with Crippen LogP contribution in [0.5, 0.6) is 0 Å². The van der Waals surface area contributed by atoms with Crippen molar-refractivity contribution in [2.45, 2.75) is 0 Å². The number of hydrogen-bond donors (Lipinski definition) is 1. The van der Waals surface area contributed by atoms with Gasteiger partial charge in [0.2, 0.25) is 0 Å². The molecule has 60 valence electrons. The monoisotopic (exact) mass is 160 g/mol. The molecule has 0 atom stereocenters. The number of rotatable bonds is 1. The summed E-state index contributed by atoms with van der Waals surface area (Å²) in [7, 11) is -0.743. The number of benzene rings is 1. The zero-order valence-corrected chi connectivity index (χ0v) is 6.60. The van der Waals surface area contributed by atoms with Crippen LogP contribution in [0, 0.1) is 0 Å². The predicted octanol–water partition coefficient (Wildman–Crippen LogP) is 1.12. The largest absolute Gasteiger partial charge is 0.491 e. The highest BCUT2D eigenvalue weighted by molar-refractivity contribution is 6.67. The van der Waals surface area contributed by atoms with Crippen molar-refractivity contribution in [2.75, 3.05) is 6.61 Å². The van der Waals surface area contributed by atoms with Gasteiger partial charge in [-0.25, -0.2) is 0 Å². The van der Waals surface area contributed by atoms with Crippen LogP contribution in [0.1, 0.15) is 5.56 Å². The fourth-order valence-corrected chi connectivity index (χ4v) is 1.31. The lowest BCUT2D eigenvalue weighted by Crippen LogP contribution is -2.14. The maximum atomic E-state index is 9.35. The summed E-state index contributed by atoms with van der Waals surface area (Å²) >= 11 is 0. The maximum absolute atomic E-state index is 9.35. The normalized spacial score (nSPS) is 16.4. The van der Waals surface area contributed by atoms with E-state index < -0.39 is 7.12 Å². The third-order valence-electron chi connectivity index (χ3n) is 1.93. The van der Waals surface area contributed by atoms with Gasteiger partial charge in [-0.1, -0.05) is 36.4 Å². The second-order valence-corrected chi connectivity index (χ2v) is 2.71. The van der Waals surface area contributed by atoms with Crippen molar-refractivity contribution in [3.63, 3.8) is 0 Å². The van der Waals surface area contributed by atoms with E-state index in [4.69, 9.17) is 4.65 Å². The summed E-state index contributed by atoms with van der Waals surface area (Å²) in [6, 6.07) is 9.77. The van der Waals surface area contributed by atoms with Gasteiger partial charge in [-0.05, 0) is 11.0 Å². The molecule has 0 saturated heterocycles. The first-order chi connectivity index (χ1) is 5.88.